The number of aromatic nitrogens is 2. The van der Waals surface area contributed by atoms with E-state index < -0.39 is 5.97 Å². The molecule has 3 rings (SSSR count). The Morgan fingerprint density at radius 3 is 2.28 bits per heavy atom. The zero-order chi connectivity index (χ0) is 21.2. The first-order valence-electron chi connectivity index (χ1n) is 10.1. The Balaban J connectivity index is 1.78. The van der Waals surface area contributed by atoms with Crippen LogP contribution in [0.4, 0.5) is 10.6 Å². The lowest BCUT2D eigenvalue weighted by Crippen LogP contribution is -2.41. The molecule has 1 aromatic heterocycles. The number of carboxylic acids is 1. The maximum Gasteiger partial charge on any atom is 0.320 e. The second-order valence-electron chi connectivity index (χ2n) is 8.80. The number of nitrogens with zero attached hydrogens (tertiary/aromatic N) is 2. The first-order valence-corrected chi connectivity index (χ1v) is 10.1. The van der Waals surface area contributed by atoms with Crippen molar-refractivity contribution in [3.05, 3.63) is 41.6 Å². The molecule has 1 aromatic carbocycles. The van der Waals surface area contributed by atoms with Crippen LogP contribution in [0, 0.1) is 12.8 Å². The van der Waals surface area contributed by atoms with Crippen LogP contribution in [0.2, 0.25) is 0 Å². The smallest absolute Gasteiger partial charge is 0.320 e. The number of para-hydroxylation sites is 1. The minimum absolute atomic E-state index is 0.0129. The molecule has 0 aliphatic heterocycles. The van der Waals surface area contributed by atoms with E-state index in [0.717, 1.165) is 16.9 Å². The number of nitrogens with one attached hydrogen (secondary N) is 2. The van der Waals surface area contributed by atoms with Gasteiger partial charge in [-0.25, -0.2) is 9.48 Å². The van der Waals surface area contributed by atoms with Crippen molar-refractivity contribution in [2.45, 2.75) is 64.8 Å². The van der Waals surface area contributed by atoms with Crippen LogP contribution in [0.3, 0.4) is 0 Å². The number of rotatable bonds is 4. The summed E-state index contributed by atoms with van der Waals surface area (Å²) in [5, 5.41) is 19.9. The molecule has 1 fully saturated rings. The molecule has 7 nitrogen and oxygen atoms in total. The maximum atomic E-state index is 12.7. The third-order valence-electron chi connectivity index (χ3n) is 5.48. The van der Waals surface area contributed by atoms with Crippen LogP contribution in [-0.2, 0) is 10.2 Å². The van der Waals surface area contributed by atoms with Crippen LogP contribution in [0.5, 0.6) is 0 Å². The molecule has 0 saturated heterocycles. The van der Waals surface area contributed by atoms with Crippen molar-refractivity contribution in [2.75, 3.05) is 5.32 Å². The van der Waals surface area contributed by atoms with E-state index in [-0.39, 0.29) is 23.4 Å². The summed E-state index contributed by atoms with van der Waals surface area (Å²) in [6.45, 7) is 8.27. The number of benzene rings is 1. The predicted molar refractivity (Wildman–Crippen MR) is 113 cm³/mol. The van der Waals surface area contributed by atoms with Crippen molar-refractivity contribution in [3.8, 4) is 5.69 Å². The molecule has 0 spiro atoms. The molecule has 2 amide bonds. The summed E-state index contributed by atoms with van der Waals surface area (Å²) < 4.78 is 1.77. The molecule has 0 atom stereocenters. The highest BCUT2D eigenvalue weighted by molar-refractivity contribution is 5.90. The predicted octanol–water partition coefficient (Wildman–Crippen LogP) is 4.24. The van der Waals surface area contributed by atoms with E-state index >= 15 is 0 Å². The van der Waals surface area contributed by atoms with E-state index in [2.05, 4.69) is 31.4 Å². The van der Waals surface area contributed by atoms with Gasteiger partial charge in [-0.15, -0.1) is 0 Å². The number of anilines is 1. The molecular formula is C22H30N4O3. The lowest BCUT2D eigenvalue weighted by molar-refractivity contribution is -0.142. The van der Waals surface area contributed by atoms with E-state index in [0.29, 0.717) is 31.5 Å². The van der Waals surface area contributed by atoms with Gasteiger partial charge in [-0.2, -0.15) is 5.10 Å². The lowest BCUT2D eigenvalue weighted by Gasteiger charge is -2.27. The summed E-state index contributed by atoms with van der Waals surface area (Å²) in [7, 11) is 0. The number of carbonyl (C=O) groups excluding carboxylic acids is 1. The first-order chi connectivity index (χ1) is 13.7. The number of carboxylic acid groups (broad SMARTS) is 1. The van der Waals surface area contributed by atoms with Gasteiger partial charge in [0.05, 0.1) is 17.3 Å². The summed E-state index contributed by atoms with van der Waals surface area (Å²) in [5.41, 5.74) is 2.58. The Morgan fingerprint density at radius 1 is 1.10 bits per heavy atom. The minimum Gasteiger partial charge on any atom is -0.481 e. The van der Waals surface area contributed by atoms with Crippen LogP contribution in [0.1, 0.15) is 57.7 Å². The van der Waals surface area contributed by atoms with Crippen LogP contribution in [-0.4, -0.2) is 32.9 Å². The first kappa shape index (κ1) is 20.9. The van der Waals surface area contributed by atoms with Crippen molar-refractivity contribution < 1.29 is 14.7 Å². The SMILES string of the molecule is Cc1c(C(C)(C)C)nn(-c2ccccc2)c1NC(=O)NC1CCC(C(=O)O)CC1. The van der Waals surface area contributed by atoms with Gasteiger partial charge in [0, 0.05) is 17.0 Å². The molecule has 0 radical (unpaired) electrons. The Morgan fingerprint density at radius 2 is 1.72 bits per heavy atom. The monoisotopic (exact) mass is 398 g/mol. The van der Waals surface area contributed by atoms with E-state index in [9.17, 15) is 9.59 Å². The van der Waals surface area contributed by atoms with Gasteiger partial charge in [0.25, 0.3) is 0 Å². The second-order valence-corrected chi connectivity index (χ2v) is 8.80. The summed E-state index contributed by atoms with van der Waals surface area (Å²) in [6.07, 6.45) is 2.54. The van der Waals surface area contributed by atoms with E-state index in [4.69, 9.17) is 10.2 Å². The molecule has 7 heteroatoms. The minimum atomic E-state index is -0.745. The number of hydrogen-bond acceptors (Lipinski definition) is 3. The van der Waals surface area contributed by atoms with Gasteiger partial charge >= 0.3 is 12.0 Å². The molecule has 1 aliphatic carbocycles. The summed E-state index contributed by atoms with van der Waals surface area (Å²) in [6, 6.07) is 9.43. The molecule has 0 bridgehead atoms. The van der Waals surface area contributed by atoms with Gasteiger partial charge in [-0.1, -0.05) is 39.0 Å². The molecule has 156 valence electrons. The largest absolute Gasteiger partial charge is 0.481 e. The summed E-state index contributed by atoms with van der Waals surface area (Å²) in [5.74, 6) is -0.393. The maximum absolute atomic E-state index is 12.7. The zero-order valence-electron chi connectivity index (χ0n) is 17.5. The van der Waals surface area contributed by atoms with Gasteiger partial charge in [-0.3, -0.25) is 10.1 Å². The van der Waals surface area contributed by atoms with Gasteiger partial charge in [-0.05, 0) is 44.7 Å². The van der Waals surface area contributed by atoms with Crippen LogP contribution < -0.4 is 10.6 Å². The van der Waals surface area contributed by atoms with Crippen molar-refractivity contribution in [3.63, 3.8) is 0 Å². The number of hydrogen-bond donors (Lipinski definition) is 3. The van der Waals surface area contributed by atoms with Crippen LogP contribution in [0.25, 0.3) is 5.69 Å². The fraction of sp³-hybridized carbons (Fsp3) is 0.500. The second kappa shape index (κ2) is 8.27. The standard InChI is InChI=1S/C22H30N4O3/c1-14-18(22(2,3)4)25-26(17-8-6-5-7-9-17)19(14)24-21(29)23-16-12-10-15(11-13-16)20(27)28/h5-9,15-16H,10-13H2,1-4H3,(H,27,28)(H2,23,24,29). The third-order valence-corrected chi connectivity index (χ3v) is 5.48. The van der Waals surface area contributed by atoms with Gasteiger partial charge in [0.1, 0.15) is 5.82 Å². The Hall–Kier alpha value is -2.83. The average molecular weight is 399 g/mol. The average Bonchev–Trinajstić information content (AvgIpc) is 2.99. The van der Waals surface area contributed by atoms with Crippen LogP contribution in [0.15, 0.2) is 30.3 Å². The van der Waals surface area contributed by atoms with E-state index in [1.807, 2.05) is 37.3 Å². The highest BCUT2D eigenvalue weighted by Gasteiger charge is 2.28. The quantitative estimate of drug-likeness (QED) is 0.717. The molecule has 1 saturated carbocycles. The molecule has 1 heterocycles. The highest BCUT2D eigenvalue weighted by Crippen LogP contribution is 2.31. The van der Waals surface area contributed by atoms with Gasteiger partial charge < -0.3 is 10.4 Å². The Labute approximate surface area is 171 Å². The van der Waals surface area contributed by atoms with Crippen molar-refractivity contribution in [1.29, 1.82) is 0 Å². The molecular weight excluding hydrogens is 368 g/mol. The molecule has 2 aromatic rings. The summed E-state index contributed by atoms with van der Waals surface area (Å²) in [4.78, 5) is 23.8. The zero-order valence-corrected chi connectivity index (χ0v) is 17.5. The fourth-order valence-electron chi connectivity index (χ4n) is 3.92. The molecule has 0 unspecified atom stereocenters. The van der Waals surface area contributed by atoms with Gasteiger partial charge in [0.15, 0.2) is 0 Å². The normalized spacial score (nSPS) is 19.6. The number of urea groups is 1. The number of aliphatic carboxylic acids is 1. The van der Waals surface area contributed by atoms with Crippen molar-refractivity contribution >= 4 is 17.8 Å². The molecule has 3 N–H and O–H groups in total. The summed E-state index contributed by atoms with van der Waals surface area (Å²) >= 11 is 0. The highest BCUT2D eigenvalue weighted by atomic mass is 16.4. The lowest BCUT2D eigenvalue weighted by atomic mass is 9.86. The van der Waals surface area contributed by atoms with Crippen molar-refractivity contribution in [1.82, 2.24) is 15.1 Å². The third kappa shape index (κ3) is 4.78. The van der Waals surface area contributed by atoms with Crippen molar-refractivity contribution in [2.24, 2.45) is 5.92 Å². The topological polar surface area (TPSA) is 96.3 Å². The van der Waals surface area contributed by atoms with Gasteiger partial charge in [0.2, 0.25) is 0 Å². The van der Waals surface area contributed by atoms with E-state index in [1.165, 1.54) is 0 Å². The van der Waals surface area contributed by atoms with Crippen LogP contribution >= 0.6 is 0 Å². The Bertz CT molecular complexity index is 875. The number of carbonyl (C=O) groups is 2. The van der Waals surface area contributed by atoms with E-state index in [1.54, 1.807) is 4.68 Å². The molecule has 1 aliphatic rings. The Kier molecular flexibility index (Phi) is 5.96. The molecule has 29 heavy (non-hydrogen) atoms. The number of amides is 2. The fourth-order valence-corrected chi connectivity index (χ4v) is 3.92.